The molecule has 6 rings (SSSR count). The Morgan fingerprint density at radius 2 is 1.80 bits per heavy atom. The number of aliphatic hydroxyl groups excluding tert-OH is 1. The minimum atomic E-state index is -1.63. The lowest BCUT2D eigenvalue weighted by atomic mass is 9.43. The highest BCUT2D eigenvalue weighted by molar-refractivity contribution is 5.98. The zero-order valence-electron chi connectivity index (χ0n) is 21.3. The van der Waals surface area contributed by atoms with E-state index in [1.807, 2.05) is 13.8 Å². The molecule has 0 radical (unpaired) electrons. The second-order valence-corrected chi connectivity index (χ2v) is 12.9. The molecule has 0 amide bonds. The van der Waals surface area contributed by atoms with E-state index < -0.39 is 45.8 Å². The lowest BCUT2D eigenvalue weighted by molar-refractivity contribution is -0.253. The number of ketones is 1. The van der Waals surface area contributed by atoms with Gasteiger partial charge in [0.1, 0.15) is 29.0 Å². The van der Waals surface area contributed by atoms with Crippen LogP contribution in [0.4, 0.5) is 0 Å². The first kappa shape index (κ1) is 23.8. The Morgan fingerprint density at radius 3 is 2.49 bits per heavy atom. The summed E-state index contributed by atoms with van der Waals surface area (Å²) >= 11 is 0. The minimum absolute atomic E-state index is 0.0237. The average molecular weight is 487 g/mol. The van der Waals surface area contributed by atoms with Crippen LogP contribution in [0.25, 0.3) is 0 Å². The van der Waals surface area contributed by atoms with Gasteiger partial charge in [0.05, 0.1) is 11.5 Å². The Kier molecular flexibility index (Phi) is 4.67. The molecular weight excluding hydrogens is 448 g/mol. The van der Waals surface area contributed by atoms with E-state index in [9.17, 15) is 24.9 Å². The molecule has 35 heavy (non-hydrogen) atoms. The molecule has 3 N–H and O–H groups in total. The van der Waals surface area contributed by atoms with Crippen molar-refractivity contribution in [2.24, 2.45) is 28.6 Å². The van der Waals surface area contributed by atoms with Gasteiger partial charge in [0.25, 0.3) is 0 Å². The van der Waals surface area contributed by atoms with Crippen molar-refractivity contribution in [3.8, 4) is 0 Å². The molecule has 7 heteroatoms. The van der Waals surface area contributed by atoms with E-state index in [-0.39, 0.29) is 29.6 Å². The number of hydrogen-bond acceptors (Lipinski definition) is 7. The molecule has 7 nitrogen and oxygen atoms in total. The highest BCUT2D eigenvalue weighted by Crippen LogP contribution is 2.74. The van der Waals surface area contributed by atoms with Crippen LogP contribution in [-0.2, 0) is 19.1 Å². The van der Waals surface area contributed by atoms with Gasteiger partial charge in [-0.1, -0.05) is 12.5 Å². The first-order valence-electron chi connectivity index (χ1n) is 13.2. The number of fused-ring (bicyclic) bond motifs is 4. The number of cyclic esters (lactones) is 1. The maximum Gasteiger partial charge on any atom is 0.334 e. The average Bonchev–Trinajstić information content (AvgIpc) is 3.47. The van der Waals surface area contributed by atoms with Crippen molar-refractivity contribution in [3.63, 3.8) is 0 Å². The number of carbonyl (C=O) groups is 2. The fourth-order valence-corrected chi connectivity index (χ4v) is 9.48. The van der Waals surface area contributed by atoms with Crippen LogP contribution in [0.1, 0.15) is 73.1 Å². The largest absolute Gasteiger partial charge is 0.455 e. The lowest BCUT2D eigenvalue weighted by Crippen LogP contribution is -2.69. The van der Waals surface area contributed by atoms with Crippen molar-refractivity contribution in [1.82, 2.24) is 0 Å². The van der Waals surface area contributed by atoms with Gasteiger partial charge in [-0.2, -0.15) is 0 Å². The molecule has 0 aromatic heterocycles. The predicted octanol–water partition coefficient (Wildman–Crippen LogP) is 2.61. The quantitative estimate of drug-likeness (QED) is 0.406. The van der Waals surface area contributed by atoms with Crippen molar-refractivity contribution >= 4 is 11.8 Å². The van der Waals surface area contributed by atoms with Crippen LogP contribution < -0.4 is 0 Å². The van der Waals surface area contributed by atoms with Gasteiger partial charge >= 0.3 is 5.97 Å². The van der Waals surface area contributed by atoms with Gasteiger partial charge < -0.3 is 24.8 Å². The third-order valence-corrected chi connectivity index (χ3v) is 11.9. The maximum atomic E-state index is 13.3. The molecule has 11 atom stereocenters. The van der Waals surface area contributed by atoms with Crippen LogP contribution in [0.5, 0.6) is 0 Å². The van der Waals surface area contributed by atoms with Gasteiger partial charge in [0.2, 0.25) is 0 Å². The summed E-state index contributed by atoms with van der Waals surface area (Å²) in [5.74, 6) is -0.138. The molecule has 2 heterocycles. The Morgan fingerprint density at radius 1 is 1.11 bits per heavy atom. The molecule has 6 aliphatic rings. The molecule has 3 saturated carbocycles. The summed E-state index contributed by atoms with van der Waals surface area (Å²) in [6.07, 6.45) is 4.94. The van der Waals surface area contributed by atoms with E-state index in [1.54, 1.807) is 19.9 Å². The van der Waals surface area contributed by atoms with E-state index in [0.29, 0.717) is 31.3 Å². The van der Waals surface area contributed by atoms with Gasteiger partial charge in [-0.3, -0.25) is 4.79 Å². The number of esters is 1. The smallest absolute Gasteiger partial charge is 0.334 e. The van der Waals surface area contributed by atoms with Crippen LogP contribution in [0.3, 0.4) is 0 Å². The molecule has 1 spiro atoms. The van der Waals surface area contributed by atoms with Crippen molar-refractivity contribution < 1.29 is 34.4 Å². The Balaban J connectivity index is 1.35. The van der Waals surface area contributed by atoms with E-state index in [2.05, 4.69) is 6.92 Å². The topological polar surface area (TPSA) is 117 Å². The number of aliphatic hydroxyl groups is 3. The molecule has 0 aromatic rings. The van der Waals surface area contributed by atoms with Crippen LogP contribution in [0.2, 0.25) is 0 Å². The Hall–Kier alpha value is -1.54. The zero-order chi connectivity index (χ0) is 25.3. The lowest BCUT2D eigenvalue weighted by Gasteiger charge is -2.60. The van der Waals surface area contributed by atoms with Crippen LogP contribution in [-0.4, -0.2) is 62.2 Å². The Bertz CT molecular complexity index is 1080. The van der Waals surface area contributed by atoms with Crippen molar-refractivity contribution in [3.05, 3.63) is 23.3 Å². The van der Waals surface area contributed by atoms with Crippen LogP contribution in [0, 0.1) is 28.6 Å². The molecule has 192 valence electrons. The van der Waals surface area contributed by atoms with Gasteiger partial charge in [-0.25, -0.2) is 4.79 Å². The fraction of sp³-hybridized carbons (Fsp3) is 0.786. The summed E-state index contributed by atoms with van der Waals surface area (Å²) in [6, 6.07) is 0. The second kappa shape index (κ2) is 6.85. The van der Waals surface area contributed by atoms with E-state index >= 15 is 0 Å². The Labute approximate surface area is 206 Å². The molecular formula is C28H38O7. The summed E-state index contributed by atoms with van der Waals surface area (Å²) in [6.45, 7) is 9.28. The first-order valence-corrected chi connectivity index (χ1v) is 13.2. The standard InChI is InChI=1S/C28H38O7/c1-14-12-21(34-23(31)15(14)2)26(5,32)27(33)11-9-17-16-13-22-28(35-22)20(30)7-6-19(29)25(28,4)18(16)8-10-24(17,27)3/h6-7,16-18,20-22,30,32-33H,8-13H2,1-5H3/t16?,17?,18?,20?,21?,22-,24+,25+,26+,27+,28?/m1/s1. The first-order chi connectivity index (χ1) is 16.3. The van der Waals surface area contributed by atoms with Gasteiger partial charge in [0, 0.05) is 17.4 Å². The van der Waals surface area contributed by atoms with E-state index in [1.165, 1.54) is 6.08 Å². The molecule has 2 aliphatic heterocycles. The van der Waals surface area contributed by atoms with E-state index in [0.717, 1.165) is 18.4 Å². The molecule has 4 fully saturated rings. The van der Waals surface area contributed by atoms with Gasteiger partial charge in [-0.15, -0.1) is 0 Å². The summed E-state index contributed by atoms with van der Waals surface area (Å²) in [7, 11) is 0. The molecule has 0 bridgehead atoms. The second-order valence-electron chi connectivity index (χ2n) is 12.9. The summed E-state index contributed by atoms with van der Waals surface area (Å²) in [4.78, 5) is 25.8. The molecule has 0 aromatic carbocycles. The number of carbonyl (C=O) groups excluding carboxylic acids is 2. The number of epoxide rings is 1. The van der Waals surface area contributed by atoms with Crippen molar-refractivity contribution in [2.75, 3.05) is 0 Å². The number of ether oxygens (including phenoxy) is 2. The maximum absolute atomic E-state index is 13.3. The summed E-state index contributed by atoms with van der Waals surface area (Å²) in [5.41, 5.74) is -3.85. The van der Waals surface area contributed by atoms with Crippen LogP contribution >= 0.6 is 0 Å². The third kappa shape index (κ3) is 2.51. The van der Waals surface area contributed by atoms with Crippen molar-refractivity contribution in [1.29, 1.82) is 0 Å². The highest BCUT2D eigenvalue weighted by atomic mass is 16.6. The minimum Gasteiger partial charge on any atom is -0.455 e. The molecule has 1 saturated heterocycles. The molecule has 6 unspecified atom stereocenters. The van der Waals surface area contributed by atoms with Gasteiger partial charge in [0.15, 0.2) is 5.78 Å². The third-order valence-electron chi connectivity index (χ3n) is 11.9. The molecule has 4 aliphatic carbocycles. The highest BCUT2D eigenvalue weighted by Gasteiger charge is 2.81. The van der Waals surface area contributed by atoms with Gasteiger partial charge in [-0.05, 0) is 89.7 Å². The van der Waals surface area contributed by atoms with E-state index in [4.69, 9.17) is 9.47 Å². The summed E-state index contributed by atoms with van der Waals surface area (Å²) < 4.78 is 11.9. The number of rotatable bonds is 2. The SMILES string of the molecule is CC1=C(C)C(=O)OC([C@](C)(O)[C@]2(O)CCC3C4C[C@H]5OC56C(O)C=CC(=O)[C@]6(C)C4CC[C@@]32C)C1. The number of allylic oxidation sites excluding steroid dienone is 1. The predicted molar refractivity (Wildman–Crippen MR) is 126 cm³/mol. The fourth-order valence-electron chi connectivity index (χ4n) is 9.48. The monoisotopic (exact) mass is 486 g/mol. The summed E-state index contributed by atoms with van der Waals surface area (Å²) in [5, 5.41) is 35.1. The number of hydrogen-bond donors (Lipinski definition) is 3. The van der Waals surface area contributed by atoms with Crippen molar-refractivity contribution in [2.45, 2.75) is 108 Å². The normalized spacial score (nSPS) is 54.3. The zero-order valence-corrected chi connectivity index (χ0v) is 21.3. The van der Waals surface area contributed by atoms with Crippen LogP contribution in [0.15, 0.2) is 23.3 Å².